The van der Waals surface area contributed by atoms with Crippen molar-refractivity contribution >= 4 is 0 Å². The summed E-state index contributed by atoms with van der Waals surface area (Å²) in [5, 5.41) is 4.83. The number of hydrogen-bond acceptors (Lipinski definition) is 4. The maximum atomic E-state index is 5.97. The van der Waals surface area contributed by atoms with Crippen LogP contribution in [0.15, 0.2) is 53.1 Å². The summed E-state index contributed by atoms with van der Waals surface area (Å²) >= 11 is 0. The highest BCUT2D eigenvalue weighted by Crippen LogP contribution is 2.32. The fourth-order valence-corrected chi connectivity index (χ4v) is 3.68. The van der Waals surface area contributed by atoms with Gasteiger partial charge in [0.25, 0.3) is 0 Å². The Hall–Kier alpha value is -2.37. The summed E-state index contributed by atoms with van der Waals surface area (Å²) in [7, 11) is 0. The Morgan fingerprint density at radius 2 is 2.00 bits per heavy atom. The number of aryl methyl sites for hydroxylation is 1. The molecule has 0 bridgehead atoms. The van der Waals surface area contributed by atoms with Gasteiger partial charge in [-0.25, -0.2) is 4.68 Å². The molecule has 136 valence electrons. The van der Waals surface area contributed by atoms with Gasteiger partial charge in [0, 0.05) is 24.8 Å². The Bertz CT molecular complexity index is 883. The highest BCUT2D eigenvalue weighted by Gasteiger charge is 2.33. The van der Waals surface area contributed by atoms with Crippen molar-refractivity contribution in [1.82, 2.24) is 14.7 Å². The number of rotatable bonds is 5. The lowest BCUT2D eigenvalue weighted by Gasteiger charge is -2.22. The third kappa shape index (κ3) is 3.32. The first-order chi connectivity index (χ1) is 12.6. The molecule has 0 amide bonds. The van der Waals surface area contributed by atoms with Crippen LogP contribution in [0.2, 0.25) is 0 Å². The van der Waals surface area contributed by atoms with E-state index >= 15 is 0 Å². The van der Waals surface area contributed by atoms with Crippen molar-refractivity contribution in [2.24, 2.45) is 11.1 Å². The van der Waals surface area contributed by atoms with Gasteiger partial charge in [-0.2, -0.15) is 5.10 Å². The molecule has 0 radical (unpaired) electrons. The topological polar surface area (TPSA) is 60.2 Å². The monoisotopic (exact) mass is 350 g/mol. The average molecular weight is 350 g/mol. The van der Waals surface area contributed by atoms with E-state index in [-0.39, 0.29) is 5.41 Å². The van der Waals surface area contributed by atoms with Crippen LogP contribution in [-0.2, 0) is 6.54 Å². The quantitative estimate of drug-likeness (QED) is 0.764. The first-order valence-corrected chi connectivity index (χ1v) is 9.19. The van der Waals surface area contributed by atoms with Gasteiger partial charge in [0.2, 0.25) is 0 Å². The molecule has 1 atom stereocenters. The van der Waals surface area contributed by atoms with E-state index in [1.165, 1.54) is 5.56 Å². The molecule has 1 aromatic carbocycles. The molecule has 3 heterocycles. The summed E-state index contributed by atoms with van der Waals surface area (Å²) in [6.07, 6.45) is 3.27. The summed E-state index contributed by atoms with van der Waals surface area (Å²) in [4.78, 5) is 2.47. The van der Waals surface area contributed by atoms with Gasteiger partial charge < -0.3 is 10.2 Å². The second kappa shape index (κ2) is 6.74. The van der Waals surface area contributed by atoms with Crippen molar-refractivity contribution in [3.05, 3.63) is 60.0 Å². The van der Waals surface area contributed by atoms with E-state index in [9.17, 15) is 0 Å². The van der Waals surface area contributed by atoms with Crippen molar-refractivity contribution in [3.8, 4) is 17.1 Å². The molecule has 5 nitrogen and oxygen atoms in total. The Morgan fingerprint density at radius 3 is 2.65 bits per heavy atom. The summed E-state index contributed by atoms with van der Waals surface area (Å²) in [5.41, 5.74) is 9.35. The maximum Gasteiger partial charge on any atom is 0.154 e. The number of furan rings is 1. The van der Waals surface area contributed by atoms with Crippen molar-refractivity contribution in [1.29, 1.82) is 0 Å². The third-order valence-electron chi connectivity index (χ3n) is 5.31. The molecule has 0 spiro atoms. The Kier molecular flexibility index (Phi) is 4.42. The highest BCUT2D eigenvalue weighted by molar-refractivity contribution is 5.58. The summed E-state index contributed by atoms with van der Waals surface area (Å²) in [6.45, 7) is 7.92. The number of aromatic nitrogens is 2. The van der Waals surface area contributed by atoms with Crippen LogP contribution in [0.25, 0.3) is 17.1 Å². The molecule has 0 saturated carbocycles. The minimum Gasteiger partial charge on any atom is -0.460 e. The maximum absolute atomic E-state index is 5.97. The molecule has 1 unspecified atom stereocenters. The fraction of sp³-hybridized carbons (Fsp3) is 0.381. The molecular formula is C21H26N4O. The van der Waals surface area contributed by atoms with Crippen LogP contribution in [-0.4, -0.2) is 34.3 Å². The van der Waals surface area contributed by atoms with E-state index in [0.717, 1.165) is 55.5 Å². The Balaban J connectivity index is 1.67. The highest BCUT2D eigenvalue weighted by atomic mass is 16.3. The fourth-order valence-electron chi connectivity index (χ4n) is 3.68. The normalized spacial score (nSPS) is 20.7. The molecule has 26 heavy (non-hydrogen) atoms. The Labute approximate surface area is 154 Å². The van der Waals surface area contributed by atoms with E-state index in [0.29, 0.717) is 0 Å². The average Bonchev–Trinajstić information content (AvgIpc) is 3.36. The van der Waals surface area contributed by atoms with Gasteiger partial charge in [-0.1, -0.05) is 25.1 Å². The zero-order valence-electron chi connectivity index (χ0n) is 15.5. The number of nitrogens with two attached hydrogens (primary N) is 1. The second-order valence-corrected chi connectivity index (χ2v) is 7.67. The van der Waals surface area contributed by atoms with Gasteiger partial charge in [-0.15, -0.1) is 0 Å². The van der Waals surface area contributed by atoms with Crippen molar-refractivity contribution in [2.45, 2.75) is 26.8 Å². The summed E-state index contributed by atoms with van der Waals surface area (Å²) in [6, 6.07) is 14.2. The zero-order chi connectivity index (χ0) is 18.1. The van der Waals surface area contributed by atoms with Crippen LogP contribution in [0.4, 0.5) is 0 Å². The first kappa shape index (κ1) is 17.1. The van der Waals surface area contributed by atoms with Crippen LogP contribution in [0.1, 0.15) is 24.7 Å². The minimum absolute atomic E-state index is 0.219. The first-order valence-electron chi connectivity index (χ1n) is 9.19. The molecule has 1 fully saturated rings. The molecule has 5 heteroatoms. The molecule has 0 aliphatic carbocycles. The van der Waals surface area contributed by atoms with Gasteiger partial charge in [0.05, 0.1) is 5.69 Å². The zero-order valence-corrected chi connectivity index (χ0v) is 15.5. The van der Waals surface area contributed by atoms with Gasteiger partial charge in [-0.05, 0) is 56.1 Å². The lowest BCUT2D eigenvalue weighted by atomic mass is 9.90. The van der Waals surface area contributed by atoms with E-state index in [1.807, 2.05) is 41.9 Å². The summed E-state index contributed by atoms with van der Waals surface area (Å²) in [5.74, 6) is 1.73. The third-order valence-corrected chi connectivity index (χ3v) is 5.31. The van der Waals surface area contributed by atoms with Gasteiger partial charge in [0.1, 0.15) is 11.5 Å². The molecule has 1 aliphatic rings. The van der Waals surface area contributed by atoms with E-state index < -0.39 is 0 Å². The summed E-state index contributed by atoms with van der Waals surface area (Å²) < 4.78 is 7.82. The van der Waals surface area contributed by atoms with Crippen LogP contribution < -0.4 is 5.73 Å². The molecular weight excluding hydrogens is 324 g/mol. The largest absolute Gasteiger partial charge is 0.460 e. The predicted octanol–water partition coefficient (Wildman–Crippen LogP) is 3.61. The molecule has 1 aliphatic heterocycles. The second-order valence-electron chi connectivity index (χ2n) is 7.67. The Morgan fingerprint density at radius 1 is 1.19 bits per heavy atom. The lowest BCUT2D eigenvalue weighted by molar-refractivity contribution is 0.274. The van der Waals surface area contributed by atoms with Gasteiger partial charge >= 0.3 is 0 Å². The lowest BCUT2D eigenvalue weighted by Crippen LogP contribution is -2.31. The number of benzene rings is 1. The smallest absolute Gasteiger partial charge is 0.154 e. The molecule has 2 aromatic heterocycles. The van der Waals surface area contributed by atoms with E-state index in [2.05, 4.69) is 30.2 Å². The standard InChI is InChI=1S/C21H26N4O/c1-16-8-9-19(26-16)20-17(12-24-11-10-21(2,14-22)15-24)13-25(23-20)18-6-4-3-5-7-18/h3-9,13H,10-12,14-15,22H2,1-2H3. The van der Waals surface area contributed by atoms with Crippen LogP contribution >= 0.6 is 0 Å². The van der Waals surface area contributed by atoms with Crippen LogP contribution in [0.5, 0.6) is 0 Å². The van der Waals surface area contributed by atoms with Crippen molar-refractivity contribution in [3.63, 3.8) is 0 Å². The van der Waals surface area contributed by atoms with E-state index in [1.54, 1.807) is 0 Å². The predicted molar refractivity (Wildman–Crippen MR) is 103 cm³/mol. The van der Waals surface area contributed by atoms with E-state index in [4.69, 9.17) is 15.2 Å². The van der Waals surface area contributed by atoms with Gasteiger partial charge in [0.15, 0.2) is 5.76 Å². The molecule has 2 N–H and O–H groups in total. The number of hydrogen-bond donors (Lipinski definition) is 1. The SMILES string of the molecule is Cc1ccc(-c2nn(-c3ccccc3)cc2CN2CCC(C)(CN)C2)o1. The number of para-hydroxylation sites is 1. The molecule has 1 saturated heterocycles. The van der Waals surface area contributed by atoms with Crippen LogP contribution in [0, 0.1) is 12.3 Å². The molecule has 4 rings (SSSR count). The van der Waals surface area contributed by atoms with Crippen molar-refractivity contribution < 1.29 is 4.42 Å². The number of nitrogens with zero attached hydrogens (tertiary/aromatic N) is 3. The molecule has 3 aromatic rings. The van der Waals surface area contributed by atoms with Gasteiger partial charge in [-0.3, -0.25) is 4.90 Å². The minimum atomic E-state index is 0.219. The van der Waals surface area contributed by atoms with Crippen LogP contribution in [0.3, 0.4) is 0 Å². The van der Waals surface area contributed by atoms with Crippen molar-refractivity contribution in [2.75, 3.05) is 19.6 Å². The number of likely N-dealkylation sites (tertiary alicyclic amines) is 1.